The monoisotopic (exact) mass is 232 g/mol. The minimum absolute atomic E-state index is 0.0867. The molecule has 2 fully saturated rings. The molecule has 0 saturated carbocycles. The number of carbonyl (C=O) groups excluding carboxylic acids is 1. The summed E-state index contributed by atoms with van der Waals surface area (Å²) in [6.07, 6.45) is 4.21. The van der Waals surface area contributed by atoms with E-state index in [1.165, 1.54) is 0 Å². The number of aromatic nitrogens is 2. The zero-order valence-electron chi connectivity index (χ0n) is 9.84. The first-order valence-electron chi connectivity index (χ1n) is 6.07. The van der Waals surface area contributed by atoms with Crippen LogP contribution in [0.5, 0.6) is 0 Å². The summed E-state index contributed by atoms with van der Waals surface area (Å²) in [6, 6.07) is 2.41. The highest BCUT2D eigenvalue weighted by Gasteiger charge is 2.44. The molecule has 2 saturated heterocycles. The fourth-order valence-corrected chi connectivity index (χ4v) is 3.08. The fourth-order valence-electron chi connectivity index (χ4n) is 3.08. The van der Waals surface area contributed by atoms with Crippen LogP contribution in [-0.2, 0) is 0 Å². The number of carbonyl (C=O) groups is 1. The van der Waals surface area contributed by atoms with Gasteiger partial charge in [-0.15, -0.1) is 0 Å². The molecular weight excluding hydrogens is 216 g/mol. The van der Waals surface area contributed by atoms with E-state index in [0.717, 1.165) is 19.5 Å². The minimum Gasteiger partial charge on any atom is -0.331 e. The molecule has 0 spiro atoms. The summed E-state index contributed by atoms with van der Waals surface area (Å²) in [5, 5.41) is 10.8. The van der Waals surface area contributed by atoms with Crippen molar-refractivity contribution in [3.8, 4) is 0 Å². The molecule has 3 heterocycles. The van der Waals surface area contributed by atoms with Crippen LogP contribution in [0.2, 0.25) is 0 Å². The van der Waals surface area contributed by atoms with E-state index in [4.69, 9.17) is 0 Å². The van der Waals surface area contributed by atoms with Crippen LogP contribution in [0.4, 0.5) is 0 Å². The molecule has 3 atom stereocenters. The van der Waals surface area contributed by atoms with Crippen molar-refractivity contribution in [3.05, 3.63) is 24.0 Å². The van der Waals surface area contributed by atoms with Crippen LogP contribution in [0.15, 0.2) is 18.5 Å². The Morgan fingerprint density at radius 1 is 1.47 bits per heavy atom. The molecule has 1 amide bonds. The second kappa shape index (κ2) is 4.07. The van der Waals surface area contributed by atoms with Crippen LogP contribution < -0.4 is 5.32 Å². The zero-order valence-corrected chi connectivity index (χ0v) is 9.84. The summed E-state index contributed by atoms with van der Waals surface area (Å²) in [4.78, 5) is 14.4. The Bertz CT molecular complexity index is 422. The summed E-state index contributed by atoms with van der Waals surface area (Å²) in [5.74, 6) is 0.701. The van der Waals surface area contributed by atoms with E-state index in [1.54, 1.807) is 18.5 Å². The van der Waals surface area contributed by atoms with Crippen molar-refractivity contribution in [1.82, 2.24) is 20.4 Å². The highest BCUT2D eigenvalue weighted by molar-refractivity contribution is 5.94. The maximum Gasteiger partial charge on any atom is 0.256 e. The van der Waals surface area contributed by atoms with Crippen LogP contribution in [0.3, 0.4) is 0 Å². The van der Waals surface area contributed by atoms with Gasteiger partial charge in [0.25, 0.3) is 5.91 Å². The lowest BCUT2D eigenvalue weighted by molar-refractivity contribution is 0.0681. The molecule has 1 aromatic heterocycles. The predicted octanol–water partition coefficient (Wildman–Crippen LogP) is 0.299. The molecule has 0 aromatic carbocycles. The van der Waals surface area contributed by atoms with E-state index in [0.29, 0.717) is 23.6 Å². The van der Waals surface area contributed by atoms with E-state index < -0.39 is 0 Å². The standard InChI is InChI=1S/C12H16N4O/c1-8-4-10-5-13-7-11(10)16(8)12(17)9-2-3-14-15-6-9/h2-3,6,8,10-11,13H,4-5,7H2,1H3. The van der Waals surface area contributed by atoms with Crippen molar-refractivity contribution in [3.63, 3.8) is 0 Å². The molecule has 1 aromatic rings. The topological polar surface area (TPSA) is 58.1 Å². The number of hydrogen-bond donors (Lipinski definition) is 1. The quantitative estimate of drug-likeness (QED) is 0.756. The molecule has 3 rings (SSSR count). The van der Waals surface area contributed by atoms with E-state index >= 15 is 0 Å². The van der Waals surface area contributed by atoms with E-state index in [2.05, 4.69) is 22.4 Å². The van der Waals surface area contributed by atoms with Crippen molar-refractivity contribution in [1.29, 1.82) is 0 Å². The van der Waals surface area contributed by atoms with Gasteiger partial charge in [-0.25, -0.2) is 0 Å². The Morgan fingerprint density at radius 2 is 2.35 bits per heavy atom. The van der Waals surface area contributed by atoms with Gasteiger partial charge in [0.05, 0.1) is 18.0 Å². The second-order valence-corrected chi connectivity index (χ2v) is 4.91. The van der Waals surface area contributed by atoms with Gasteiger partial charge >= 0.3 is 0 Å². The molecule has 1 N–H and O–H groups in total. The molecule has 2 aliphatic heterocycles. The summed E-state index contributed by atoms with van der Waals surface area (Å²) >= 11 is 0. The lowest BCUT2D eigenvalue weighted by Gasteiger charge is -2.27. The zero-order chi connectivity index (χ0) is 11.8. The molecule has 0 bridgehead atoms. The van der Waals surface area contributed by atoms with Crippen molar-refractivity contribution >= 4 is 5.91 Å². The Hall–Kier alpha value is -1.49. The third-order valence-corrected chi connectivity index (χ3v) is 3.85. The molecular formula is C12H16N4O. The smallest absolute Gasteiger partial charge is 0.256 e. The minimum atomic E-state index is 0.0867. The van der Waals surface area contributed by atoms with E-state index in [-0.39, 0.29) is 5.91 Å². The number of likely N-dealkylation sites (tertiary alicyclic amines) is 1. The molecule has 5 heteroatoms. The first-order chi connectivity index (χ1) is 8.27. The van der Waals surface area contributed by atoms with Crippen molar-refractivity contribution < 1.29 is 4.79 Å². The normalized spacial score (nSPS) is 31.6. The Morgan fingerprint density at radius 3 is 3.12 bits per heavy atom. The van der Waals surface area contributed by atoms with E-state index in [1.807, 2.05) is 4.90 Å². The van der Waals surface area contributed by atoms with E-state index in [9.17, 15) is 4.79 Å². The van der Waals surface area contributed by atoms with Crippen LogP contribution in [-0.4, -0.2) is 46.2 Å². The van der Waals surface area contributed by atoms with Crippen LogP contribution in [0.1, 0.15) is 23.7 Å². The average Bonchev–Trinajstić information content (AvgIpc) is 2.89. The highest BCUT2D eigenvalue weighted by atomic mass is 16.2. The summed E-state index contributed by atoms with van der Waals surface area (Å²) in [6.45, 7) is 4.08. The van der Waals surface area contributed by atoms with Crippen LogP contribution in [0, 0.1) is 5.92 Å². The number of fused-ring (bicyclic) bond motifs is 1. The lowest BCUT2D eigenvalue weighted by atomic mass is 10.0. The Labute approximate surface area is 100 Å². The third kappa shape index (κ3) is 1.70. The van der Waals surface area contributed by atoms with Gasteiger partial charge in [-0.2, -0.15) is 10.2 Å². The van der Waals surface area contributed by atoms with Crippen LogP contribution in [0.25, 0.3) is 0 Å². The molecule has 0 aliphatic carbocycles. The van der Waals surface area contributed by atoms with Gasteiger partial charge in [0.2, 0.25) is 0 Å². The van der Waals surface area contributed by atoms with Gasteiger partial charge in [0.1, 0.15) is 0 Å². The third-order valence-electron chi connectivity index (χ3n) is 3.85. The molecule has 0 radical (unpaired) electrons. The lowest BCUT2D eigenvalue weighted by Crippen LogP contribution is -2.42. The highest BCUT2D eigenvalue weighted by Crippen LogP contribution is 2.33. The Kier molecular flexibility index (Phi) is 2.55. The first-order valence-corrected chi connectivity index (χ1v) is 6.07. The Balaban J connectivity index is 1.86. The summed E-state index contributed by atoms with van der Waals surface area (Å²) in [5.41, 5.74) is 0.638. The average molecular weight is 232 g/mol. The maximum atomic E-state index is 12.4. The number of nitrogens with zero attached hydrogens (tertiary/aromatic N) is 3. The van der Waals surface area contributed by atoms with Crippen molar-refractivity contribution in [2.75, 3.05) is 13.1 Å². The maximum absolute atomic E-state index is 12.4. The van der Waals surface area contributed by atoms with Crippen LogP contribution >= 0.6 is 0 Å². The van der Waals surface area contributed by atoms with Gasteiger partial charge in [0.15, 0.2) is 0 Å². The van der Waals surface area contributed by atoms with Gasteiger partial charge in [0, 0.05) is 25.2 Å². The summed E-state index contributed by atoms with van der Waals surface area (Å²) < 4.78 is 0. The first kappa shape index (κ1) is 10.7. The van der Waals surface area contributed by atoms with Gasteiger partial charge < -0.3 is 10.2 Å². The number of rotatable bonds is 1. The predicted molar refractivity (Wildman–Crippen MR) is 62.4 cm³/mol. The van der Waals surface area contributed by atoms with Gasteiger partial charge in [-0.1, -0.05) is 0 Å². The fraction of sp³-hybridized carbons (Fsp3) is 0.583. The SMILES string of the molecule is CC1CC2CNCC2N1C(=O)c1ccnnc1. The van der Waals surface area contributed by atoms with Gasteiger partial charge in [-0.05, 0) is 25.3 Å². The molecule has 2 aliphatic rings. The number of nitrogens with one attached hydrogen (secondary N) is 1. The largest absolute Gasteiger partial charge is 0.331 e. The molecule has 3 unspecified atom stereocenters. The number of amides is 1. The molecule has 90 valence electrons. The summed E-state index contributed by atoms with van der Waals surface area (Å²) in [7, 11) is 0. The van der Waals surface area contributed by atoms with Crippen molar-refractivity contribution in [2.24, 2.45) is 5.92 Å². The molecule has 5 nitrogen and oxygen atoms in total. The second-order valence-electron chi connectivity index (χ2n) is 4.91. The van der Waals surface area contributed by atoms with Crippen molar-refractivity contribution in [2.45, 2.75) is 25.4 Å². The van der Waals surface area contributed by atoms with Gasteiger partial charge in [-0.3, -0.25) is 4.79 Å². The molecule has 17 heavy (non-hydrogen) atoms. The number of hydrogen-bond acceptors (Lipinski definition) is 4.